The van der Waals surface area contributed by atoms with Gasteiger partial charge in [0.1, 0.15) is 0 Å². The number of aryl methyl sites for hydroxylation is 1. The van der Waals surface area contributed by atoms with Crippen LogP contribution in [0.2, 0.25) is 0 Å². The molecule has 0 unspecified atom stereocenters. The van der Waals surface area contributed by atoms with Gasteiger partial charge in [-0.1, -0.05) is 32.0 Å². The normalized spacial score (nSPS) is 11.6. The number of rotatable bonds is 5. The number of hydrogen-bond donors (Lipinski definition) is 1. The van der Waals surface area contributed by atoms with E-state index in [0.29, 0.717) is 6.54 Å². The number of carbonyl (C=O) groups is 1. The Balaban J connectivity index is 3.24. The number of carbonyl (C=O) groups excluding carboxylic acids is 1. The van der Waals surface area contributed by atoms with Crippen LogP contribution in [0.4, 0.5) is 0 Å². The van der Waals surface area contributed by atoms with Crippen molar-refractivity contribution in [3.8, 4) is 0 Å². The maximum atomic E-state index is 12.7. The van der Waals surface area contributed by atoms with Crippen molar-refractivity contribution in [2.24, 2.45) is 11.1 Å². The summed E-state index contributed by atoms with van der Waals surface area (Å²) in [5, 5.41) is 0. The van der Waals surface area contributed by atoms with E-state index in [1.807, 2.05) is 45.9 Å². The van der Waals surface area contributed by atoms with E-state index in [4.69, 9.17) is 5.73 Å². The molecule has 2 nitrogen and oxygen atoms in total. The number of Topliss-reactive ketones (excluding diaryl/α,β-unsaturated/α-hetero) is 1. The molecule has 94 valence electrons. The third-order valence-electron chi connectivity index (χ3n) is 4.08. The Morgan fingerprint density at radius 1 is 1.24 bits per heavy atom. The first kappa shape index (κ1) is 13.9. The molecule has 0 heterocycles. The van der Waals surface area contributed by atoms with Gasteiger partial charge in [0.25, 0.3) is 0 Å². The van der Waals surface area contributed by atoms with E-state index in [9.17, 15) is 4.79 Å². The zero-order valence-corrected chi connectivity index (χ0v) is 11.3. The maximum Gasteiger partial charge on any atom is 0.170 e. The molecular weight excluding hydrogens is 210 g/mol. The zero-order chi connectivity index (χ0) is 13.1. The monoisotopic (exact) mass is 233 g/mol. The van der Waals surface area contributed by atoms with Crippen LogP contribution < -0.4 is 5.73 Å². The largest absolute Gasteiger partial charge is 0.329 e. The number of benzene rings is 1. The molecule has 1 aromatic rings. The Morgan fingerprint density at radius 2 is 1.82 bits per heavy atom. The molecule has 0 fully saturated rings. The van der Waals surface area contributed by atoms with Crippen molar-refractivity contribution < 1.29 is 4.79 Å². The van der Waals surface area contributed by atoms with Crippen molar-refractivity contribution in [2.75, 3.05) is 6.54 Å². The summed E-state index contributed by atoms with van der Waals surface area (Å²) >= 11 is 0. The van der Waals surface area contributed by atoms with Crippen LogP contribution in [0.5, 0.6) is 0 Å². The van der Waals surface area contributed by atoms with Crippen LogP contribution in [-0.4, -0.2) is 12.3 Å². The minimum absolute atomic E-state index is 0.200. The Kier molecular flexibility index (Phi) is 4.47. The Labute approximate surface area is 104 Å². The summed E-state index contributed by atoms with van der Waals surface area (Å²) in [5.74, 6) is 0.200. The molecule has 2 heteroatoms. The highest BCUT2D eigenvalue weighted by atomic mass is 16.1. The van der Waals surface area contributed by atoms with Crippen LogP contribution in [0.15, 0.2) is 18.2 Å². The van der Waals surface area contributed by atoms with Gasteiger partial charge in [0.15, 0.2) is 5.78 Å². The van der Waals surface area contributed by atoms with Gasteiger partial charge in [0, 0.05) is 17.5 Å². The molecule has 0 aliphatic rings. The van der Waals surface area contributed by atoms with E-state index in [0.717, 1.165) is 29.5 Å². The molecule has 0 radical (unpaired) electrons. The van der Waals surface area contributed by atoms with Gasteiger partial charge in [0.05, 0.1) is 0 Å². The minimum Gasteiger partial charge on any atom is -0.329 e. The molecule has 0 aromatic heterocycles. The van der Waals surface area contributed by atoms with Crippen LogP contribution in [0.25, 0.3) is 0 Å². The number of nitrogens with two attached hydrogens (primary N) is 1. The van der Waals surface area contributed by atoms with Gasteiger partial charge < -0.3 is 5.73 Å². The van der Waals surface area contributed by atoms with Crippen LogP contribution in [0.1, 0.15) is 48.2 Å². The third kappa shape index (κ3) is 2.42. The van der Waals surface area contributed by atoms with Gasteiger partial charge in [-0.25, -0.2) is 0 Å². The topological polar surface area (TPSA) is 43.1 Å². The SMILES string of the molecule is CCC(CC)(CN)C(=O)c1cccc(C)c1C. The summed E-state index contributed by atoms with van der Waals surface area (Å²) in [6.07, 6.45) is 1.60. The zero-order valence-electron chi connectivity index (χ0n) is 11.3. The first-order valence-corrected chi connectivity index (χ1v) is 6.33. The Morgan fingerprint density at radius 3 is 2.29 bits per heavy atom. The molecule has 0 saturated heterocycles. The number of hydrogen-bond acceptors (Lipinski definition) is 2. The summed E-state index contributed by atoms with van der Waals surface area (Å²) in [4.78, 5) is 12.7. The molecule has 0 spiro atoms. The smallest absolute Gasteiger partial charge is 0.170 e. The maximum absolute atomic E-state index is 12.7. The van der Waals surface area contributed by atoms with Gasteiger partial charge in [-0.3, -0.25) is 4.79 Å². The first-order valence-electron chi connectivity index (χ1n) is 6.33. The van der Waals surface area contributed by atoms with Gasteiger partial charge in [-0.15, -0.1) is 0 Å². The first-order chi connectivity index (χ1) is 8.02. The van der Waals surface area contributed by atoms with Crippen molar-refractivity contribution in [2.45, 2.75) is 40.5 Å². The summed E-state index contributed by atoms with van der Waals surface area (Å²) < 4.78 is 0. The lowest BCUT2D eigenvalue weighted by Crippen LogP contribution is -2.38. The fourth-order valence-corrected chi connectivity index (χ4v) is 2.24. The lowest BCUT2D eigenvalue weighted by atomic mass is 9.75. The van der Waals surface area contributed by atoms with Crippen molar-refractivity contribution in [1.29, 1.82) is 0 Å². The predicted molar refractivity (Wildman–Crippen MR) is 72.3 cm³/mol. The van der Waals surface area contributed by atoms with Crippen LogP contribution in [0.3, 0.4) is 0 Å². The number of ketones is 1. The molecule has 0 saturated carbocycles. The fraction of sp³-hybridized carbons (Fsp3) is 0.533. The highest BCUT2D eigenvalue weighted by molar-refractivity contribution is 6.02. The quantitative estimate of drug-likeness (QED) is 0.793. The highest BCUT2D eigenvalue weighted by Crippen LogP contribution is 2.31. The molecular formula is C15H23NO. The molecule has 0 amide bonds. The van der Waals surface area contributed by atoms with Crippen molar-refractivity contribution in [3.05, 3.63) is 34.9 Å². The Hall–Kier alpha value is -1.15. The van der Waals surface area contributed by atoms with Gasteiger partial charge in [-0.2, -0.15) is 0 Å². The van der Waals surface area contributed by atoms with E-state index in [1.165, 1.54) is 0 Å². The average Bonchev–Trinajstić information content (AvgIpc) is 2.35. The molecule has 1 rings (SSSR count). The fourth-order valence-electron chi connectivity index (χ4n) is 2.24. The standard InChI is InChI=1S/C15H23NO/c1-5-15(6-2,10-16)14(17)13-9-7-8-11(3)12(13)4/h7-9H,5-6,10,16H2,1-4H3. The molecule has 17 heavy (non-hydrogen) atoms. The summed E-state index contributed by atoms with van der Waals surface area (Å²) in [6.45, 7) is 8.55. The van der Waals surface area contributed by atoms with Crippen molar-refractivity contribution in [3.63, 3.8) is 0 Å². The van der Waals surface area contributed by atoms with E-state index in [-0.39, 0.29) is 5.78 Å². The second-order valence-electron chi connectivity index (χ2n) is 4.77. The predicted octanol–water partition coefficient (Wildman–Crippen LogP) is 3.25. The lowest BCUT2D eigenvalue weighted by Gasteiger charge is -2.29. The molecule has 1 aromatic carbocycles. The van der Waals surface area contributed by atoms with Gasteiger partial charge >= 0.3 is 0 Å². The van der Waals surface area contributed by atoms with Crippen molar-refractivity contribution >= 4 is 5.78 Å². The molecule has 2 N–H and O–H groups in total. The summed E-state index contributed by atoms with van der Waals surface area (Å²) in [5.41, 5.74) is 8.52. The average molecular weight is 233 g/mol. The van der Waals surface area contributed by atoms with Crippen LogP contribution in [-0.2, 0) is 0 Å². The van der Waals surface area contributed by atoms with E-state index < -0.39 is 5.41 Å². The third-order valence-corrected chi connectivity index (χ3v) is 4.08. The van der Waals surface area contributed by atoms with E-state index in [1.54, 1.807) is 0 Å². The summed E-state index contributed by atoms with van der Waals surface area (Å²) in [6, 6.07) is 5.90. The van der Waals surface area contributed by atoms with Gasteiger partial charge in [-0.05, 0) is 37.8 Å². The van der Waals surface area contributed by atoms with Gasteiger partial charge in [0.2, 0.25) is 0 Å². The summed E-state index contributed by atoms with van der Waals surface area (Å²) in [7, 11) is 0. The van der Waals surface area contributed by atoms with Crippen molar-refractivity contribution in [1.82, 2.24) is 0 Å². The van der Waals surface area contributed by atoms with E-state index in [2.05, 4.69) is 0 Å². The van der Waals surface area contributed by atoms with Crippen LogP contribution >= 0.6 is 0 Å². The molecule has 0 aliphatic carbocycles. The second kappa shape index (κ2) is 5.46. The lowest BCUT2D eigenvalue weighted by molar-refractivity contribution is 0.0786. The minimum atomic E-state index is -0.390. The highest BCUT2D eigenvalue weighted by Gasteiger charge is 2.34. The molecule has 0 atom stereocenters. The molecule has 0 aliphatic heterocycles. The second-order valence-corrected chi connectivity index (χ2v) is 4.77. The Bertz CT molecular complexity index is 397. The molecule has 0 bridgehead atoms. The van der Waals surface area contributed by atoms with Crippen LogP contribution in [0, 0.1) is 19.3 Å². The van der Waals surface area contributed by atoms with E-state index >= 15 is 0 Å².